The fourth-order valence-electron chi connectivity index (χ4n) is 1.63. The normalized spacial score (nSPS) is 15.6. The van der Waals surface area contributed by atoms with Gasteiger partial charge in [0.2, 0.25) is 0 Å². The molecule has 0 aliphatic heterocycles. The molecular weight excluding hydrogens is 479 g/mol. The summed E-state index contributed by atoms with van der Waals surface area (Å²) in [5.41, 5.74) is 0. The van der Waals surface area contributed by atoms with E-state index in [1.54, 1.807) is 0 Å². The van der Waals surface area contributed by atoms with Crippen LogP contribution >= 0.6 is 7.82 Å². The van der Waals surface area contributed by atoms with Crippen LogP contribution in [0.2, 0.25) is 0 Å². The topological polar surface area (TPSA) is 44.8 Å². The van der Waals surface area contributed by atoms with Crippen LogP contribution in [0, 0.1) is 0 Å². The zero-order valence-electron chi connectivity index (χ0n) is 15.6. The molecule has 182 valence electrons. The molecule has 0 atom stereocenters. The summed E-state index contributed by atoms with van der Waals surface area (Å²) < 4.78 is 182. The second-order valence-corrected chi connectivity index (χ2v) is 7.95. The molecule has 0 aromatic rings. The molecule has 0 aliphatic carbocycles. The van der Waals surface area contributed by atoms with Gasteiger partial charge in [0, 0.05) is 0 Å². The lowest BCUT2D eigenvalue weighted by atomic mass is 9.95. The van der Waals surface area contributed by atoms with E-state index in [2.05, 4.69) is 13.6 Å². The summed E-state index contributed by atoms with van der Waals surface area (Å²) in [7, 11) is -5.15. The van der Waals surface area contributed by atoms with Crippen molar-refractivity contribution in [2.75, 3.05) is 6.61 Å². The van der Waals surface area contributed by atoms with Gasteiger partial charge in [-0.15, -0.1) is 0 Å². The van der Waals surface area contributed by atoms with E-state index < -0.39 is 62.7 Å². The number of phosphoric ester groups is 1. The molecule has 0 N–H and O–H groups in total. The lowest BCUT2D eigenvalue weighted by Gasteiger charge is -2.39. The first kappa shape index (κ1) is 29.3. The average Bonchev–Trinajstić information content (AvgIpc) is 2.50. The summed E-state index contributed by atoms with van der Waals surface area (Å²) in [6.07, 6.45) is -7.85. The average molecular weight is 496 g/mol. The maximum Gasteiger partial charge on any atom is 0.475 e. The Kier molecular flexibility index (Phi) is 8.80. The van der Waals surface area contributed by atoms with Crippen molar-refractivity contribution in [1.82, 2.24) is 0 Å². The molecule has 0 rings (SSSR count). The largest absolute Gasteiger partial charge is 0.475 e. The fourth-order valence-corrected chi connectivity index (χ4v) is 3.15. The summed E-state index contributed by atoms with van der Waals surface area (Å²) in [6, 6.07) is 0. The van der Waals surface area contributed by atoms with Crippen molar-refractivity contribution in [1.29, 1.82) is 0 Å². The van der Waals surface area contributed by atoms with Gasteiger partial charge >= 0.3 is 43.9 Å². The fraction of sp³-hybridized carbons (Fsp3) is 1.00. The summed E-state index contributed by atoms with van der Waals surface area (Å²) in [4.78, 5) is 0. The minimum absolute atomic E-state index is 1.13. The minimum atomic E-state index is -7.70. The third kappa shape index (κ3) is 5.54. The Bertz CT molecular complexity index is 609. The van der Waals surface area contributed by atoms with Gasteiger partial charge in [0.15, 0.2) is 0 Å². The molecule has 0 radical (unpaired) electrons. The molecule has 30 heavy (non-hydrogen) atoms. The Morgan fingerprint density at radius 1 is 0.700 bits per heavy atom. The van der Waals surface area contributed by atoms with Crippen LogP contribution in [0.1, 0.15) is 27.7 Å². The molecule has 0 bridgehead atoms. The summed E-state index contributed by atoms with van der Waals surface area (Å²) in [5, 5.41) is 0. The van der Waals surface area contributed by atoms with Gasteiger partial charge in [-0.05, 0) is 27.7 Å². The standard InChI is InChI=1S/C13H17F12O4P/c1-6(2)28-30(26,29-7(3)4)27-5-9(16,17)11(20,21)13(24,25)12(22,23)10(18,19)8(14)15/h6-8H,5H2,1-4H3. The quantitative estimate of drug-likeness (QED) is 0.232. The highest BCUT2D eigenvalue weighted by Crippen LogP contribution is 2.59. The smallest absolute Gasteiger partial charge is 0.284 e. The van der Waals surface area contributed by atoms with E-state index in [9.17, 15) is 57.3 Å². The van der Waals surface area contributed by atoms with E-state index in [0.29, 0.717) is 0 Å². The van der Waals surface area contributed by atoms with Gasteiger partial charge in [0.25, 0.3) is 0 Å². The first-order chi connectivity index (χ1) is 13.0. The van der Waals surface area contributed by atoms with Crippen LogP contribution in [0.3, 0.4) is 0 Å². The molecule has 4 nitrogen and oxygen atoms in total. The monoisotopic (exact) mass is 496 g/mol. The van der Waals surface area contributed by atoms with Gasteiger partial charge in [0.1, 0.15) is 6.61 Å². The van der Waals surface area contributed by atoms with Gasteiger partial charge in [0.05, 0.1) is 12.2 Å². The Morgan fingerprint density at radius 2 is 1.07 bits per heavy atom. The summed E-state index contributed by atoms with van der Waals surface area (Å²) >= 11 is 0. The molecular formula is C13H17F12O4P. The van der Waals surface area contributed by atoms with Crippen LogP contribution in [0.25, 0.3) is 0 Å². The highest BCUT2D eigenvalue weighted by Gasteiger charge is 2.87. The first-order valence-electron chi connectivity index (χ1n) is 7.77. The highest BCUT2D eigenvalue weighted by atomic mass is 31.2. The van der Waals surface area contributed by atoms with E-state index in [1.807, 2.05) is 0 Å². The molecule has 0 saturated carbocycles. The van der Waals surface area contributed by atoms with E-state index in [-0.39, 0.29) is 0 Å². The van der Waals surface area contributed by atoms with Crippen LogP contribution in [0.4, 0.5) is 52.7 Å². The predicted molar refractivity (Wildman–Crippen MR) is 76.7 cm³/mol. The molecule has 0 aromatic carbocycles. The van der Waals surface area contributed by atoms with Gasteiger partial charge in [-0.1, -0.05) is 0 Å². The van der Waals surface area contributed by atoms with E-state index >= 15 is 0 Å². The Morgan fingerprint density at radius 3 is 1.37 bits per heavy atom. The summed E-state index contributed by atoms with van der Waals surface area (Å²) in [5.74, 6) is -36.2. The van der Waals surface area contributed by atoms with Gasteiger partial charge in [-0.25, -0.2) is 13.3 Å². The third-order valence-corrected chi connectivity index (χ3v) is 4.83. The third-order valence-electron chi connectivity index (χ3n) is 3.02. The zero-order valence-corrected chi connectivity index (χ0v) is 16.4. The molecule has 0 amide bonds. The van der Waals surface area contributed by atoms with Crippen molar-refractivity contribution in [2.45, 2.75) is 75.9 Å². The van der Waals surface area contributed by atoms with Crippen molar-refractivity contribution < 1.29 is 70.8 Å². The molecule has 0 aliphatic rings. The van der Waals surface area contributed by atoms with Crippen molar-refractivity contribution >= 4 is 7.82 Å². The first-order valence-corrected chi connectivity index (χ1v) is 9.23. The zero-order chi connectivity index (χ0) is 24.6. The van der Waals surface area contributed by atoms with E-state index in [0.717, 1.165) is 27.7 Å². The lowest BCUT2D eigenvalue weighted by Crippen LogP contribution is -2.69. The predicted octanol–water partition coefficient (Wildman–Crippen LogP) is 6.40. The second kappa shape index (κ2) is 9.02. The van der Waals surface area contributed by atoms with Crippen LogP contribution in [-0.2, 0) is 18.1 Å². The molecule has 0 fully saturated rings. The van der Waals surface area contributed by atoms with Crippen LogP contribution < -0.4 is 0 Å². The van der Waals surface area contributed by atoms with Gasteiger partial charge in [-0.3, -0.25) is 13.6 Å². The SMILES string of the molecule is CC(C)OP(=O)(OCC(F)(F)C(F)(F)C(F)(F)C(F)(F)C(F)(F)C(F)F)OC(C)C. The van der Waals surface area contributed by atoms with Crippen LogP contribution in [0.5, 0.6) is 0 Å². The van der Waals surface area contributed by atoms with Crippen molar-refractivity contribution in [2.24, 2.45) is 0 Å². The molecule has 0 aromatic heterocycles. The maximum atomic E-state index is 13.7. The van der Waals surface area contributed by atoms with E-state index in [1.165, 1.54) is 0 Å². The molecule has 0 spiro atoms. The number of hydrogen-bond acceptors (Lipinski definition) is 4. The number of rotatable bonds is 12. The van der Waals surface area contributed by atoms with Crippen LogP contribution in [-0.4, -0.2) is 54.9 Å². The second-order valence-electron chi connectivity index (χ2n) is 6.38. The molecule has 0 heterocycles. The Balaban J connectivity index is 5.98. The lowest BCUT2D eigenvalue weighted by molar-refractivity contribution is -0.414. The van der Waals surface area contributed by atoms with Crippen molar-refractivity contribution in [3.05, 3.63) is 0 Å². The Labute approximate surface area is 162 Å². The van der Waals surface area contributed by atoms with E-state index in [4.69, 9.17) is 0 Å². The number of halogens is 12. The number of hydrogen-bond donors (Lipinski definition) is 0. The van der Waals surface area contributed by atoms with Crippen LogP contribution in [0.15, 0.2) is 0 Å². The molecule has 0 unspecified atom stereocenters. The Hall–Kier alpha value is -0.730. The van der Waals surface area contributed by atoms with Gasteiger partial charge < -0.3 is 0 Å². The molecule has 0 saturated heterocycles. The number of alkyl halides is 12. The van der Waals surface area contributed by atoms with Crippen molar-refractivity contribution in [3.8, 4) is 0 Å². The maximum absolute atomic E-state index is 13.7. The molecule has 17 heteroatoms. The van der Waals surface area contributed by atoms with Crippen molar-refractivity contribution in [3.63, 3.8) is 0 Å². The number of phosphoric acid groups is 1. The highest BCUT2D eigenvalue weighted by molar-refractivity contribution is 7.48. The summed E-state index contributed by atoms with van der Waals surface area (Å²) in [6.45, 7) is 1.49. The van der Waals surface area contributed by atoms with Gasteiger partial charge in [-0.2, -0.15) is 43.9 Å². The minimum Gasteiger partial charge on any atom is -0.284 e.